The molecule has 0 aliphatic rings. The van der Waals surface area contributed by atoms with Gasteiger partial charge in [-0.15, -0.1) is 11.8 Å². The van der Waals surface area contributed by atoms with E-state index in [0.29, 0.717) is 0 Å². The van der Waals surface area contributed by atoms with E-state index in [1.54, 1.807) is 11.8 Å². The van der Waals surface area contributed by atoms with Gasteiger partial charge in [0, 0.05) is 5.69 Å². The van der Waals surface area contributed by atoms with Crippen molar-refractivity contribution >= 4 is 17.4 Å². The van der Waals surface area contributed by atoms with E-state index in [4.69, 9.17) is 5.73 Å². The zero-order chi connectivity index (χ0) is 7.56. The molecule has 2 N–H and O–H groups in total. The molecular weight excluding hydrogens is 144 g/mol. The van der Waals surface area contributed by atoms with Crippen LogP contribution in [0.1, 0.15) is 5.69 Å². The third-order valence-electron chi connectivity index (χ3n) is 1.22. The van der Waals surface area contributed by atoms with E-state index in [9.17, 15) is 0 Å². The van der Waals surface area contributed by atoms with Crippen LogP contribution in [0.4, 0.5) is 5.69 Å². The quantitative estimate of drug-likeness (QED) is 0.626. The first-order valence-electron chi connectivity index (χ1n) is 3.01. The van der Waals surface area contributed by atoms with Crippen LogP contribution < -0.4 is 5.73 Å². The van der Waals surface area contributed by atoms with Crippen molar-refractivity contribution in [2.75, 3.05) is 12.0 Å². The Bertz CT molecular complexity index is 235. The maximum absolute atomic E-state index is 5.62. The summed E-state index contributed by atoms with van der Waals surface area (Å²) in [6.07, 6.45) is 1.97. The van der Waals surface area contributed by atoms with Crippen molar-refractivity contribution in [1.29, 1.82) is 0 Å². The van der Waals surface area contributed by atoms with Crippen molar-refractivity contribution in [2.45, 2.75) is 11.9 Å². The number of aromatic nitrogens is 1. The minimum Gasteiger partial charge on any atom is -0.397 e. The standard InChI is InChI=1S/C7H10N2S/c1-5-3-4-6(8)7(9-5)10-2/h3-4H,8H2,1-2H3. The molecule has 0 amide bonds. The predicted molar refractivity (Wildman–Crippen MR) is 45.2 cm³/mol. The van der Waals surface area contributed by atoms with Crippen LogP contribution in [0.15, 0.2) is 17.2 Å². The molecule has 0 bridgehead atoms. The number of nitrogens with two attached hydrogens (primary N) is 1. The fraction of sp³-hybridized carbons (Fsp3) is 0.286. The van der Waals surface area contributed by atoms with Crippen LogP contribution in [-0.2, 0) is 0 Å². The summed E-state index contributed by atoms with van der Waals surface area (Å²) in [4.78, 5) is 4.23. The van der Waals surface area contributed by atoms with E-state index in [2.05, 4.69) is 4.98 Å². The van der Waals surface area contributed by atoms with Crippen molar-refractivity contribution < 1.29 is 0 Å². The van der Waals surface area contributed by atoms with Gasteiger partial charge in [0.1, 0.15) is 5.03 Å². The first kappa shape index (κ1) is 7.41. The Morgan fingerprint density at radius 2 is 2.20 bits per heavy atom. The Kier molecular flexibility index (Phi) is 2.17. The maximum atomic E-state index is 5.62. The lowest BCUT2D eigenvalue weighted by Crippen LogP contribution is -1.92. The van der Waals surface area contributed by atoms with E-state index in [-0.39, 0.29) is 0 Å². The molecule has 0 atom stereocenters. The van der Waals surface area contributed by atoms with E-state index in [1.807, 2.05) is 25.3 Å². The van der Waals surface area contributed by atoms with Gasteiger partial charge in [-0.1, -0.05) is 0 Å². The molecule has 3 heteroatoms. The minimum absolute atomic E-state index is 0.762. The van der Waals surface area contributed by atoms with Crippen LogP contribution in [0.3, 0.4) is 0 Å². The summed E-state index contributed by atoms with van der Waals surface area (Å²) in [6, 6.07) is 3.79. The number of hydrogen-bond donors (Lipinski definition) is 1. The van der Waals surface area contributed by atoms with Gasteiger partial charge in [-0.05, 0) is 25.3 Å². The third kappa shape index (κ3) is 1.42. The molecule has 0 aliphatic carbocycles. The Morgan fingerprint density at radius 1 is 1.50 bits per heavy atom. The molecule has 0 saturated carbocycles. The van der Waals surface area contributed by atoms with Gasteiger partial charge in [0.2, 0.25) is 0 Å². The zero-order valence-electron chi connectivity index (χ0n) is 6.09. The summed E-state index contributed by atoms with van der Waals surface area (Å²) < 4.78 is 0. The molecule has 54 valence electrons. The maximum Gasteiger partial charge on any atom is 0.119 e. The molecule has 0 aliphatic heterocycles. The molecule has 1 aromatic heterocycles. The van der Waals surface area contributed by atoms with Crippen molar-refractivity contribution in [3.05, 3.63) is 17.8 Å². The molecule has 0 unspecified atom stereocenters. The third-order valence-corrected chi connectivity index (χ3v) is 1.94. The summed E-state index contributed by atoms with van der Waals surface area (Å²) in [5.74, 6) is 0. The van der Waals surface area contributed by atoms with Crippen molar-refractivity contribution in [2.24, 2.45) is 0 Å². The number of nitrogens with zero attached hydrogens (tertiary/aromatic N) is 1. The lowest BCUT2D eigenvalue weighted by atomic mass is 10.3. The minimum atomic E-state index is 0.762. The molecule has 1 heterocycles. The van der Waals surface area contributed by atoms with Crippen molar-refractivity contribution in [1.82, 2.24) is 4.98 Å². The first-order chi connectivity index (χ1) is 4.74. The van der Waals surface area contributed by atoms with Crippen molar-refractivity contribution in [3.63, 3.8) is 0 Å². The van der Waals surface area contributed by atoms with Gasteiger partial charge >= 0.3 is 0 Å². The number of nitrogen functional groups attached to an aromatic ring is 1. The Morgan fingerprint density at radius 3 is 2.70 bits per heavy atom. The van der Waals surface area contributed by atoms with Gasteiger partial charge in [-0.3, -0.25) is 0 Å². The van der Waals surface area contributed by atoms with Gasteiger partial charge in [-0.2, -0.15) is 0 Å². The fourth-order valence-corrected chi connectivity index (χ4v) is 1.25. The second-order valence-electron chi connectivity index (χ2n) is 2.05. The van der Waals surface area contributed by atoms with E-state index in [0.717, 1.165) is 16.4 Å². The molecule has 0 spiro atoms. The molecule has 2 nitrogen and oxygen atoms in total. The number of anilines is 1. The average molecular weight is 154 g/mol. The summed E-state index contributed by atoms with van der Waals surface area (Å²) in [7, 11) is 0. The number of rotatable bonds is 1. The fourth-order valence-electron chi connectivity index (χ4n) is 0.707. The molecule has 1 aromatic rings. The summed E-state index contributed by atoms with van der Waals surface area (Å²) in [5, 5.41) is 0.917. The second kappa shape index (κ2) is 2.92. The van der Waals surface area contributed by atoms with Crippen LogP contribution in [0.5, 0.6) is 0 Å². The lowest BCUT2D eigenvalue weighted by molar-refractivity contribution is 1.07. The predicted octanol–water partition coefficient (Wildman–Crippen LogP) is 1.69. The highest BCUT2D eigenvalue weighted by Crippen LogP contribution is 2.19. The second-order valence-corrected chi connectivity index (χ2v) is 2.85. The number of pyridine rings is 1. The topological polar surface area (TPSA) is 38.9 Å². The van der Waals surface area contributed by atoms with Crippen LogP contribution in [0.25, 0.3) is 0 Å². The molecule has 10 heavy (non-hydrogen) atoms. The SMILES string of the molecule is CSc1nc(C)ccc1N. The summed E-state index contributed by atoms with van der Waals surface area (Å²) in [5.41, 5.74) is 7.39. The van der Waals surface area contributed by atoms with Crippen molar-refractivity contribution in [3.8, 4) is 0 Å². The van der Waals surface area contributed by atoms with Crippen LogP contribution in [0, 0.1) is 6.92 Å². The highest BCUT2D eigenvalue weighted by atomic mass is 32.2. The van der Waals surface area contributed by atoms with Gasteiger partial charge < -0.3 is 5.73 Å². The lowest BCUT2D eigenvalue weighted by Gasteiger charge is -2.00. The molecule has 1 rings (SSSR count). The van der Waals surface area contributed by atoms with E-state index in [1.165, 1.54) is 0 Å². The zero-order valence-corrected chi connectivity index (χ0v) is 6.90. The highest BCUT2D eigenvalue weighted by molar-refractivity contribution is 7.98. The highest BCUT2D eigenvalue weighted by Gasteiger charge is 1.96. The number of aryl methyl sites for hydroxylation is 1. The van der Waals surface area contributed by atoms with Gasteiger partial charge in [0.25, 0.3) is 0 Å². The summed E-state index contributed by atoms with van der Waals surface area (Å²) >= 11 is 1.57. The number of hydrogen-bond acceptors (Lipinski definition) is 3. The van der Waals surface area contributed by atoms with Gasteiger partial charge in [0.15, 0.2) is 0 Å². The molecule has 0 radical (unpaired) electrons. The van der Waals surface area contributed by atoms with Crippen LogP contribution in [-0.4, -0.2) is 11.2 Å². The first-order valence-corrected chi connectivity index (χ1v) is 4.23. The Balaban J connectivity index is 3.09. The Hall–Kier alpha value is -0.700. The summed E-state index contributed by atoms with van der Waals surface area (Å²) in [6.45, 7) is 1.96. The molecular formula is C7H10N2S. The Labute approximate surface area is 64.8 Å². The van der Waals surface area contributed by atoms with Gasteiger partial charge in [-0.25, -0.2) is 4.98 Å². The average Bonchev–Trinajstić information content (AvgIpc) is 1.94. The smallest absolute Gasteiger partial charge is 0.119 e. The largest absolute Gasteiger partial charge is 0.397 e. The molecule has 0 fully saturated rings. The van der Waals surface area contributed by atoms with Gasteiger partial charge in [0.05, 0.1) is 5.69 Å². The van der Waals surface area contributed by atoms with Crippen LogP contribution in [0.2, 0.25) is 0 Å². The molecule has 0 saturated heterocycles. The number of thioether (sulfide) groups is 1. The van der Waals surface area contributed by atoms with Crippen LogP contribution >= 0.6 is 11.8 Å². The van der Waals surface area contributed by atoms with E-state index >= 15 is 0 Å². The normalized spacial score (nSPS) is 9.80. The van der Waals surface area contributed by atoms with E-state index < -0.39 is 0 Å². The monoisotopic (exact) mass is 154 g/mol. The molecule has 0 aromatic carbocycles.